The Morgan fingerprint density at radius 3 is 2.43 bits per heavy atom. The zero-order valence-corrected chi connectivity index (χ0v) is 14.9. The summed E-state index contributed by atoms with van der Waals surface area (Å²) in [5.41, 5.74) is 5.06. The molecule has 0 atom stereocenters. The third kappa shape index (κ3) is 4.69. The molecule has 0 aliphatic heterocycles. The van der Waals surface area contributed by atoms with E-state index in [9.17, 15) is 0 Å². The molecule has 0 N–H and O–H groups in total. The Morgan fingerprint density at radius 2 is 1.70 bits per heavy atom. The van der Waals surface area contributed by atoms with E-state index >= 15 is 0 Å². The fourth-order valence-corrected chi connectivity index (χ4v) is 1.92. The van der Waals surface area contributed by atoms with Crippen LogP contribution in [-0.2, 0) is 0 Å². The first-order valence-electron chi connectivity index (χ1n) is 8.12. The van der Waals surface area contributed by atoms with Crippen LogP contribution in [0.1, 0.15) is 50.1 Å². The standard InChI is InChI=1S/C16H13N3.2C2H6/c1-12-5-6-13(2)14(10-12)7-8-15-11-17-16-4-3-9-18-19(15)16;2*1-2/h3-6,9-11H,1-2H3;2*1-2H3. The van der Waals surface area contributed by atoms with E-state index in [1.807, 2.05) is 39.8 Å². The van der Waals surface area contributed by atoms with Gasteiger partial charge >= 0.3 is 0 Å². The second kappa shape index (κ2) is 9.42. The van der Waals surface area contributed by atoms with Crippen LogP contribution in [0.25, 0.3) is 5.65 Å². The van der Waals surface area contributed by atoms with Gasteiger partial charge in [-0.2, -0.15) is 5.10 Å². The van der Waals surface area contributed by atoms with Crippen LogP contribution in [0.5, 0.6) is 0 Å². The molecule has 0 radical (unpaired) electrons. The van der Waals surface area contributed by atoms with Crippen molar-refractivity contribution in [1.82, 2.24) is 14.6 Å². The number of fused-ring (bicyclic) bond motifs is 1. The fraction of sp³-hybridized carbons (Fsp3) is 0.300. The molecule has 23 heavy (non-hydrogen) atoms. The smallest absolute Gasteiger partial charge is 0.154 e. The monoisotopic (exact) mass is 307 g/mol. The number of hydrogen-bond donors (Lipinski definition) is 0. The van der Waals surface area contributed by atoms with Crippen LogP contribution >= 0.6 is 0 Å². The van der Waals surface area contributed by atoms with Gasteiger partial charge in [0, 0.05) is 11.8 Å². The highest BCUT2D eigenvalue weighted by Gasteiger charge is 2.00. The van der Waals surface area contributed by atoms with Gasteiger partial charge in [0.1, 0.15) is 5.69 Å². The molecule has 0 amide bonds. The maximum absolute atomic E-state index is 4.27. The van der Waals surface area contributed by atoms with E-state index in [1.165, 1.54) is 11.1 Å². The highest BCUT2D eigenvalue weighted by atomic mass is 15.2. The van der Waals surface area contributed by atoms with E-state index in [2.05, 4.69) is 54.0 Å². The van der Waals surface area contributed by atoms with Gasteiger partial charge < -0.3 is 0 Å². The molecule has 0 aliphatic rings. The maximum atomic E-state index is 4.27. The molecule has 3 rings (SSSR count). The summed E-state index contributed by atoms with van der Waals surface area (Å²) < 4.78 is 1.75. The van der Waals surface area contributed by atoms with Crippen LogP contribution in [-0.4, -0.2) is 14.6 Å². The first kappa shape index (κ1) is 18.4. The van der Waals surface area contributed by atoms with Crippen LogP contribution in [0, 0.1) is 25.7 Å². The Hall–Kier alpha value is -2.60. The number of imidazole rings is 1. The van der Waals surface area contributed by atoms with E-state index in [4.69, 9.17) is 0 Å². The summed E-state index contributed by atoms with van der Waals surface area (Å²) in [7, 11) is 0. The van der Waals surface area contributed by atoms with Crippen molar-refractivity contribution in [2.45, 2.75) is 41.5 Å². The number of benzene rings is 1. The minimum Gasteiger partial charge on any atom is -0.234 e. The lowest BCUT2D eigenvalue weighted by molar-refractivity contribution is 0.923. The molecule has 3 nitrogen and oxygen atoms in total. The summed E-state index contributed by atoms with van der Waals surface area (Å²) in [5.74, 6) is 6.34. The quantitative estimate of drug-likeness (QED) is 0.558. The summed E-state index contributed by atoms with van der Waals surface area (Å²) in [6, 6.07) is 10.1. The maximum Gasteiger partial charge on any atom is 0.154 e. The number of nitrogens with zero attached hydrogens (tertiary/aromatic N) is 3. The second-order valence-corrected chi connectivity index (χ2v) is 4.51. The highest BCUT2D eigenvalue weighted by Crippen LogP contribution is 2.09. The lowest BCUT2D eigenvalue weighted by Gasteiger charge is -1.98. The molecule has 0 aliphatic carbocycles. The summed E-state index contributed by atoms with van der Waals surface area (Å²) in [5, 5.41) is 4.25. The molecular weight excluding hydrogens is 282 g/mol. The molecule has 120 valence electrons. The summed E-state index contributed by atoms with van der Waals surface area (Å²) in [6.45, 7) is 12.1. The Kier molecular flexibility index (Phi) is 7.56. The SMILES string of the molecule is CC.CC.Cc1ccc(C)c(C#Cc2cnc3cccnn23)c1. The molecule has 0 unspecified atom stereocenters. The second-order valence-electron chi connectivity index (χ2n) is 4.51. The van der Waals surface area contributed by atoms with E-state index in [-0.39, 0.29) is 0 Å². The van der Waals surface area contributed by atoms with Gasteiger partial charge in [-0.05, 0) is 49.1 Å². The van der Waals surface area contributed by atoms with Gasteiger partial charge in [0.2, 0.25) is 0 Å². The van der Waals surface area contributed by atoms with Gasteiger partial charge in [-0.25, -0.2) is 9.50 Å². The van der Waals surface area contributed by atoms with E-state index in [0.29, 0.717) is 0 Å². The predicted octanol–water partition coefficient (Wildman–Crippen LogP) is 4.80. The predicted molar refractivity (Wildman–Crippen MR) is 97.6 cm³/mol. The van der Waals surface area contributed by atoms with Crippen LogP contribution < -0.4 is 0 Å². The normalized spacial score (nSPS) is 8.96. The Labute approximate surface area is 139 Å². The zero-order valence-electron chi connectivity index (χ0n) is 14.9. The van der Waals surface area contributed by atoms with Crippen LogP contribution in [0.3, 0.4) is 0 Å². The topological polar surface area (TPSA) is 30.2 Å². The summed E-state index contributed by atoms with van der Waals surface area (Å²) in [6.07, 6.45) is 3.48. The van der Waals surface area contributed by atoms with Crippen molar-refractivity contribution in [3.8, 4) is 11.8 Å². The molecule has 0 saturated heterocycles. The molecule has 0 spiro atoms. The highest BCUT2D eigenvalue weighted by molar-refractivity contribution is 5.48. The van der Waals surface area contributed by atoms with E-state index < -0.39 is 0 Å². The lowest BCUT2D eigenvalue weighted by atomic mass is 10.1. The van der Waals surface area contributed by atoms with Crippen molar-refractivity contribution in [1.29, 1.82) is 0 Å². The molecule has 2 aromatic heterocycles. The molecule has 3 aromatic rings. The van der Waals surface area contributed by atoms with Crippen molar-refractivity contribution in [3.05, 3.63) is 65.1 Å². The summed E-state index contributed by atoms with van der Waals surface area (Å²) in [4.78, 5) is 4.27. The number of aromatic nitrogens is 3. The molecule has 1 aromatic carbocycles. The van der Waals surface area contributed by atoms with Gasteiger partial charge in [0.15, 0.2) is 5.65 Å². The van der Waals surface area contributed by atoms with Gasteiger partial charge in [0.25, 0.3) is 0 Å². The molecule has 0 saturated carbocycles. The molecule has 0 bridgehead atoms. The third-order valence-corrected chi connectivity index (χ3v) is 3.00. The van der Waals surface area contributed by atoms with Gasteiger partial charge in [0.05, 0.1) is 6.20 Å². The zero-order chi connectivity index (χ0) is 17.2. The molecule has 3 heteroatoms. The van der Waals surface area contributed by atoms with Crippen molar-refractivity contribution in [3.63, 3.8) is 0 Å². The minimum absolute atomic E-state index is 0.802. The Morgan fingerprint density at radius 1 is 0.957 bits per heavy atom. The first-order valence-corrected chi connectivity index (χ1v) is 8.12. The molecule has 2 heterocycles. The van der Waals surface area contributed by atoms with Crippen LogP contribution in [0.15, 0.2) is 42.7 Å². The van der Waals surface area contributed by atoms with Crippen molar-refractivity contribution in [2.24, 2.45) is 0 Å². The van der Waals surface area contributed by atoms with Crippen LogP contribution in [0.2, 0.25) is 0 Å². The first-order chi connectivity index (χ1) is 11.2. The Bertz CT molecular complexity index is 804. The van der Waals surface area contributed by atoms with Crippen molar-refractivity contribution >= 4 is 5.65 Å². The van der Waals surface area contributed by atoms with Gasteiger partial charge in [-0.3, -0.25) is 0 Å². The van der Waals surface area contributed by atoms with Crippen molar-refractivity contribution in [2.75, 3.05) is 0 Å². The summed E-state index contributed by atoms with van der Waals surface area (Å²) >= 11 is 0. The largest absolute Gasteiger partial charge is 0.234 e. The fourth-order valence-electron chi connectivity index (χ4n) is 1.92. The average molecular weight is 307 g/mol. The Balaban J connectivity index is 0.000000615. The van der Waals surface area contributed by atoms with Gasteiger partial charge in [-0.15, -0.1) is 0 Å². The van der Waals surface area contributed by atoms with E-state index in [0.717, 1.165) is 16.9 Å². The van der Waals surface area contributed by atoms with Crippen LogP contribution in [0.4, 0.5) is 0 Å². The number of rotatable bonds is 0. The third-order valence-electron chi connectivity index (χ3n) is 3.00. The number of aryl methyl sites for hydroxylation is 2. The molecular formula is C20H25N3. The molecule has 0 fully saturated rings. The van der Waals surface area contributed by atoms with Crippen molar-refractivity contribution < 1.29 is 0 Å². The van der Waals surface area contributed by atoms with E-state index in [1.54, 1.807) is 16.9 Å². The lowest BCUT2D eigenvalue weighted by Crippen LogP contribution is -1.92. The minimum atomic E-state index is 0.802. The van der Waals surface area contributed by atoms with Gasteiger partial charge in [-0.1, -0.05) is 45.7 Å². The number of hydrogen-bond acceptors (Lipinski definition) is 2. The average Bonchev–Trinajstić information content (AvgIpc) is 3.02.